The van der Waals surface area contributed by atoms with Gasteiger partial charge in [-0.1, -0.05) is 12.1 Å². The van der Waals surface area contributed by atoms with Crippen molar-refractivity contribution in [3.63, 3.8) is 0 Å². The van der Waals surface area contributed by atoms with E-state index in [1.165, 1.54) is 6.08 Å². The van der Waals surface area contributed by atoms with Crippen LogP contribution in [0.1, 0.15) is 29.9 Å². The van der Waals surface area contributed by atoms with E-state index in [1.54, 1.807) is 12.1 Å². The molecular formula is C13H11NO2. The standard InChI is InChI=1S/C13H11NO2/c14-8-9-1-3-10(4-2-9)12-6-5-11(15)7-13(12)16/h1-4,7,12,16H,5-6H2/t12-/m1/s1. The lowest BCUT2D eigenvalue weighted by Crippen LogP contribution is -2.12. The molecule has 0 unspecified atom stereocenters. The van der Waals surface area contributed by atoms with E-state index in [1.807, 2.05) is 18.2 Å². The van der Waals surface area contributed by atoms with Crippen LogP contribution in [-0.4, -0.2) is 10.9 Å². The molecule has 0 amide bonds. The van der Waals surface area contributed by atoms with E-state index in [0.717, 1.165) is 5.56 Å². The van der Waals surface area contributed by atoms with Gasteiger partial charge in [0, 0.05) is 18.4 Å². The number of aliphatic hydroxyl groups excluding tert-OH is 1. The molecule has 1 aromatic rings. The number of nitriles is 1. The third-order valence-corrected chi connectivity index (χ3v) is 2.79. The number of nitrogens with zero attached hydrogens (tertiary/aromatic N) is 1. The second-order valence-corrected chi connectivity index (χ2v) is 3.86. The first-order chi connectivity index (χ1) is 7.70. The molecule has 0 heterocycles. The zero-order chi connectivity index (χ0) is 11.5. The largest absolute Gasteiger partial charge is 0.512 e. The van der Waals surface area contributed by atoms with Crippen LogP contribution < -0.4 is 0 Å². The number of rotatable bonds is 1. The van der Waals surface area contributed by atoms with E-state index < -0.39 is 0 Å². The molecule has 1 aromatic carbocycles. The fraction of sp³-hybridized carbons (Fsp3) is 0.231. The molecule has 1 atom stereocenters. The van der Waals surface area contributed by atoms with Gasteiger partial charge in [-0.05, 0) is 24.1 Å². The number of benzene rings is 1. The highest BCUT2D eigenvalue weighted by molar-refractivity contribution is 5.91. The SMILES string of the molecule is N#Cc1ccc([C@H]2CCC(=O)C=C2O)cc1. The van der Waals surface area contributed by atoms with Crippen molar-refractivity contribution in [1.82, 2.24) is 0 Å². The summed E-state index contributed by atoms with van der Waals surface area (Å²) in [6.45, 7) is 0. The summed E-state index contributed by atoms with van der Waals surface area (Å²) in [4.78, 5) is 11.1. The highest BCUT2D eigenvalue weighted by atomic mass is 16.3. The molecule has 0 saturated carbocycles. The summed E-state index contributed by atoms with van der Waals surface area (Å²) in [5.41, 5.74) is 1.54. The van der Waals surface area contributed by atoms with E-state index in [4.69, 9.17) is 5.26 Å². The Kier molecular flexibility index (Phi) is 2.74. The minimum absolute atomic E-state index is 0.0256. The van der Waals surface area contributed by atoms with Crippen molar-refractivity contribution in [2.24, 2.45) is 0 Å². The Bertz CT molecular complexity index is 480. The van der Waals surface area contributed by atoms with Gasteiger partial charge in [0.2, 0.25) is 0 Å². The summed E-state index contributed by atoms with van der Waals surface area (Å²) in [6.07, 6.45) is 2.40. The molecule has 16 heavy (non-hydrogen) atoms. The maximum Gasteiger partial charge on any atom is 0.159 e. The van der Waals surface area contributed by atoms with Gasteiger partial charge >= 0.3 is 0 Å². The van der Waals surface area contributed by atoms with Gasteiger partial charge in [0.25, 0.3) is 0 Å². The number of allylic oxidation sites excluding steroid dienone is 2. The summed E-state index contributed by atoms with van der Waals surface area (Å²) in [6, 6.07) is 9.13. The van der Waals surface area contributed by atoms with Crippen LogP contribution in [0.5, 0.6) is 0 Å². The van der Waals surface area contributed by atoms with Crippen molar-refractivity contribution in [2.75, 3.05) is 0 Å². The third kappa shape index (κ3) is 1.96. The summed E-state index contributed by atoms with van der Waals surface area (Å²) in [5, 5.41) is 18.4. The van der Waals surface area contributed by atoms with E-state index in [2.05, 4.69) is 0 Å². The Morgan fingerprint density at radius 2 is 2.00 bits per heavy atom. The van der Waals surface area contributed by atoms with Gasteiger partial charge in [0.15, 0.2) is 5.78 Å². The molecule has 0 saturated heterocycles. The molecule has 0 fully saturated rings. The van der Waals surface area contributed by atoms with Gasteiger partial charge < -0.3 is 5.11 Å². The molecule has 1 N–H and O–H groups in total. The van der Waals surface area contributed by atoms with E-state index in [-0.39, 0.29) is 17.5 Å². The first kappa shape index (κ1) is 10.4. The van der Waals surface area contributed by atoms with Crippen LogP contribution in [0, 0.1) is 11.3 Å². The summed E-state index contributed by atoms with van der Waals surface area (Å²) >= 11 is 0. The molecule has 3 nitrogen and oxygen atoms in total. The lowest BCUT2D eigenvalue weighted by Gasteiger charge is -2.19. The topological polar surface area (TPSA) is 61.1 Å². The first-order valence-electron chi connectivity index (χ1n) is 5.14. The number of ketones is 1. The molecule has 1 aliphatic rings. The summed E-state index contributed by atoms with van der Waals surface area (Å²) in [7, 11) is 0. The monoisotopic (exact) mass is 213 g/mol. The Morgan fingerprint density at radius 3 is 2.56 bits per heavy atom. The zero-order valence-corrected chi connectivity index (χ0v) is 8.68. The molecule has 0 aliphatic heterocycles. The van der Waals surface area contributed by atoms with Crippen LogP contribution in [0.25, 0.3) is 0 Å². The van der Waals surface area contributed by atoms with E-state index in [0.29, 0.717) is 18.4 Å². The lowest BCUT2D eigenvalue weighted by molar-refractivity contribution is -0.115. The van der Waals surface area contributed by atoms with Gasteiger partial charge in [-0.3, -0.25) is 4.79 Å². The predicted molar refractivity (Wildman–Crippen MR) is 58.9 cm³/mol. The maximum atomic E-state index is 11.1. The fourth-order valence-corrected chi connectivity index (χ4v) is 1.90. The molecule has 2 rings (SSSR count). The number of aliphatic hydroxyl groups is 1. The van der Waals surface area contributed by atoms with Crippen molar-refractivity contribution < 1.29 is 9.90 Å². The van der Waals surface area contributed by atoms with Crippen LogP contribution in [0.3, 0.4) is 0 Å². The summed E-state index contributed by atoms with van der Waals surface area (Å²) < 4.78 is 0. The van der Waals surface area contributed by atoms with Gasteiger partial charge in [-0.2, -0.15) is 5.26 Å². The average Bonchev–Trinajstić information content (AvgIpc) is 2.29. The number of carbonyl (C=O) groups is 1. The van der Waals surface area contributed by atoms with Crippen molar-refractivity contribution in [3.05, 3.63) is 47.2 Å². The third-order valence-electron chi connectivity index (χ3n) is 2.79. The second-order valence-electron chi connectivity index (χ2n) is 3.86. The fourth-order valence-electron chi connectivity index (χ4n) is 1.90. The predicted octanol–water partition coefficient (Wildman–Crippen LogP) is 2.45. The average molecular weight is 213 g/mol. The quantitative estimate of drug-likeness (QED) is 0.779. The van der Waals surface area contributed by atoms with E-state index in [9.17, 15) is 9.90 Å². The highest BCUT2D eigenvalue weighted by Crippen LogP contribution is 2.31. The molecule has 0 spiro atoms. The minimum atomic E-state index is -0.106. The van der Waals surface area contributed by atoms with Crippen LogP contribution in [0.2, 0.25) is 0 Å². The number of hydrogen-bond acceptors (Lipinski definition) is 3. The number of carbonyl (C=O) groups excluding carboxylic acids is 1. The lowest BCUT2D eigenvalue weighted by atomic mass is 9.87. The normalized spacial score (nSPS) is 20.1. The Labute approximate surface area is 93.6 Å². The Hall–Kier alpha value is -2.08. The molecular weight excluding hydrogens is 202 g/mol. The van der Waals surface area contributed by atoms with Crippen LogP contribution in [-0.2, 0) is 4.79 Å². The summed E-state index contributed by atoms with van der Waals surface area (Å²) in [5.74, 6) is -0.00574. The van der Waals surface area contributed by atoms with Crippen LogP contribution >= 0.6 is 0 Å². The molecule has 0 aromatic heterocycles. The van der Waals surface area contributed by atoms with E-state index >= 15 is 0 Å². The van der Waals surface area contributed by atoms with Crippen LogP contribution in [0.4, 0.5) is 0 Å². The minimum Gasteiger partial charge on any atom is -0.512 e. The highest BCUT2D eigenvalue weighted by Gasteiger charge is 2.22. The second kappa shape index (κ2) is 4.19. The van der Waals surface area contributed by atoms with Gasteiger partial charge in [0.1, 0.15) is 5.76 Å². The van der Waals surface area contributed by atoms with Crippen molar-refractivity contribution >= 4 is 5.78 Å². The molecule has 0 radical (unpaired) electrons. The molecule has 0 bridgehead atoms. The van der Waals surface area contributed by atoms with Crippen molar-refractivity contribution in [2.45, 2.75) is 18.8 Å². The zero-order valence-electron chi connectivity index (χ0n) is 8.68. The van der Waals surface area contributed by atoms with Crippen LogP contribution in [0.15, 0.2) is 36.1 Å². The first-order valence-corrected chi connectivity index (χ1v) is 5.14. The molecule has 1 aliphatic carbocycles. The smallest absolute Gasteiger partial charge is 0.159 e. The Balaban J connectivity index is 2.28. The van der Waals surface area contributed by atoms with Gasteiger partial charge in [0.05, 0.1) is 11.6 Å². The maximum absolute atomic E-state index is 11.1. The van der Waals surface area contributed by atoms with Gasteiger partial charge in [-0.15, -0.1) is 0 Å². The Morgan fingerprint density at radius 1 is 1.31 bits per heavy atom. The molecule has 80 valence electrons. The number of hydrogen-bond donors (Lipinski definition) is 1. The molecule has 3 heteroatoms. The van der Waals surface area contributed by atoms with Crippen molar-refractivity contribution in [1.29, 1.82) is 5.26 Å². The van der Waals surface area contributed by atoms with Crippen molar-refractivity contribution in [3.8, 4) is 6.07 Å². The van der Waals surface area contributed by atoms with Gasteiger partial charge in [-0.25, -0.2) is 0 Å².